The largest absolute Gasteiger partial charge is 0.440 e. The van der Waals surface area contributed by atoms with Gasteiger partial charge in [0, 0.05) is 6.20 Å². The van der Waals surface area contributed by atoms with Crippen LogP contribution in [0.4, 0.5) is 0 Å². The molecule has 1 spiro atoms. The van der Waals surface area contributed by atoms with Gasteiger partial charge in [0.05, 0.1) is 30.2 Å². The Hall–Kier alpha value is -2.64. The molecule has 1 saturated carbocycles. The lowest BCUT2D eigenvalue weighted by Crippen LogP contribution is -2.40. The van der Waals surface area contributed by atoms with Crippen molar-refractivity contribution in [3.63, 3.8) is 0 Å². The topological polar surface area (TPSA) is 112 Å². The highest BCUT2D eigenvalue weighted by atomic mass is 16.5. The first-order valence-corrected chi connectivity index (χ1v) is 9.14. The molecule has 1 heterocycles. The second kappa shape index (κ2) is 7.94. The molecule has 1 aliphatic heterocycles. The number of carbonyl (C=O) groups is 1. The quantitative estimate of drug-likeness (QED) is 0.503. The Morgan fingerprint density at radius 3 is 2.93 bits per heavy atom. The van der Waals surface area contributed by atoms with Crippen molar-refractivity contribution in [1.29, 1.82) is 0 Å². The molecule has 1 amide bonds. The van der Waals surface area contributed by atoms with Gasteiger partial charge in [0.2, 0.25) is 11.8 Å². The van der Waals surface area contributed by atoms with Gasteiger partial charge in [-0.2, -0.15) is 0 Å². The van der Waals surface area contributed by atoms with E-state index in [4.69, 9.17) is 20.9 Å². The summed E-state index contributed by atoms with van der Waals surface area (Å²) >= 11 is 0. The van der Waals surface area contributed by atoms with E-state index in [0.29, 0.717) is 24.5 Å². The standard InChI is InChI=1S/C20H26N4O3/c1-3-18(22)19(25)24-15(10-21)11-23-13(2)27-16-6-5-14-12-26-20(7-4-8-20)17(14)9-16/h5-6,9-11,18H,2-4,7-8,12,21-22H2,1H3,(H,24,25)/b15-10+,23-11-/t18-/m1/s1. The predicted molar refractivity (Wildman–Crippen MR) is 104 cm³/mol. The Morgan fingerprint density at radius 1 is 1.52 bits per heavy atom. The molecule has 3 rings (SSSR count). The maximum atomic E-state index is 11.8. The average Bonchev–Trinajstić information content (AvgIpc) is 3.03. The van der Waals surface area contributed by atoms with Gasteiger partial charge < -0.3 is 26.3 Å². The second-order valence-corrected chi connectivity index (χ2v) is 6.84. The van der Waals surface area contributed by atoms with Crippen LogP contribution in [0.3, 0.4) is 0 Å². The van der Waals surface area contributed by atoms with Crippen LogP contribution in [-0.4, -0.2) is 18.2 Å². The number of fused-ring (bicyclic) bond motifs is 2. The van der Waals surface area contributed by atoms with Gasteiger partial charge >= 0.3 is 0 Å². The molecule has 0 radical (unpaired) electrons. The van der Waals surface area contributed by atoms with Crippen molar-refractivity contribution in [1.82, 2.24) is 5.32 Å². The van der Waals surface area contributed by atoms with Gasteiger partial charge in [-0.05, 0) is 55.5 Å². The molecule has 1 aliphatic carbocycles. The van der Waals surface area contributed by atoms with E-state index in [1.54, 1.807) is 0 Å². The molecule has 1 atom stereocenters. The van der Waals surface area contributed by atoms with Gasteiger partial charge in [-0.1, -0.05) is 13.0 Å². The molecule has 1 fully saturated rings. The summed E-state index contributed by atoms with van der Waals surface area (Å²) in [5.74, 6) is 0.518. The molecule has 5 N–H and O–H groups in total. The third-order valence-corrected chi connectivity index (χ3v) is 5.04. The number of hydrogen-bond donors (Lipinski definition) is 3. The number of nitrogens with one attached hydrogen (secondary N) is 1. The zero-order chi connectivity index (χ0) is 19.4. The Balaban J connectivity index is 1.62. The molecule has 0 bridgehead atoms. The highest BCUT2D eigenvalue weighted by Gasteiger charge is 2.45. The van der Waals surface area contributed by atoms with Gasteiger partial charge in [-0.25, -0.2) is 4.99 Å². The molecule has 1 aromatic rings. The number of carbonyl (C=O) groups excluding carboxylic acids is 1. The normalized spacial score (nSPS) is 18.8. The maximum absolute atomic E-state index is 11.8. The number of allylic oxidation sites excluding steroid dienone is 1. The molecular formula is C20H26N4O3. The molecule has 144 valence electrons. The summed E-state index contributed by atoms with van der Waals surface area (Å²) in [6.07, 6.45) is 6.43. The lowest BCUT2D eigenvalue weighted by atomic mass is 9.75. The predicted octanol–water partition coefficient (Wildman–Crippen LogP) is 2.17. The van der Waals surface area contributed by atoms with Gasteiger partial charge in [0.1, 0.15) is 5.75 Å². The van der Waals surface area contributed by atoms with E-state index in [2.05, 4.69) is 16.9 Å². The molecule has 7 nitrogen and oxygen atoms in total. The van der Waals surface area contributed by atoms with Crippen molar-refractivity contribution in [2.24, 2.45) is 16.5 Å². The number of ether oxygens (including phenoxy) is 2. The third-order valence-electron chi connectivity index (χ3n) is 5.04. The fourth-order valence-corrected chi connectivity index (χ4v) is 3.22. The molecule has 1 aromatic carbocycles. The summed E-state index contributed by atoms with van der Waals surface area (Å²) in [5.41, 5.74) is 13.8. The van der Waals surface area contributed by atoms with Crippen LogP contribution < -0.4 is 21.5 Å². The lowest BCUT2D eigenvalue weighted by Gasteiger charge is -2.38. The maximum Gasteiger partial charge on any atom is 0.241 e. The van der Waals surface area contributed by atoms with E-state index in [9.17, 15) is 4.79 Å². The first kappa shape index (κ1) is 19.1. The molecule has 0 aromatic heterocycles. The molecule has 27 heavy (non-hydrogen) atoms. The van der Waals surface area contributed by atoms with Crippen molar-refractivity contribution in [2.75, 3.05) is 0 Å². The van der Waals surface area contributed by atoms with Crippen LogP contribution in [0, 0.1) is 0 Å². The van der Waals surface area contributed by atoms with E-state index in [0.717, 1.165) is 12.8 Å². The Kier molecular flexibility index (Phi) is 5.62. The number of aliphatic imine (C=N–C) groups is 1. The number of benzene rings is 1. The highest BCUT2D eigenvalue weighted by molar-refractivity contribution is 5.90. The number of amides is 1. The van der Waals surface area contributed by atoms with Crippen LogP contribution >= 0.6 is 0 Å². The molecular weight excluding hydrogens is 344 g/mol. The van der Waals surface area contributed by atoms with Crippen LogP contribution in [0.5, 0.6) is 5.75 Å². The lowest BCUT2D eigenvalue weighted by molar-refractivity contribution is -0.121. The molecule has 0 saturated heterocycles. The average molecular weight is 370 g/mol. The van der Waals surface area contributed by atoms with Gasteiger partial charge in [0.25, 0.3) is 0 Å². The van der Waals surface area contributed by atoms with E-state index in [1.165, 1.54) is 30.0 Å². The molecule has 2 aliphatic rings. The van der Waals surface area contributed by atoms with E-state index in [1.807, 2.05) is 25.1 Å². The SMILES string of the molecule is C=C(/N=C\C(=C/N)NC(=O)[C@H](N)CC)Oc1ccc2c(c1)C1(CCC1)OC2. The van der Waals surface area contributed by atoms with Crippen molar-refractivity contribution >= 4 is 12.1 Å². The van der Waals surface area contributed by atoms with Crippen LogP contribution in [0.2, 0.25) is 0 Å². The summed E-state index contributed by atoms with van der Waals surface area (Å²) in [7, 11) is 0. The van der Waals surface area contributed by atoms with Crippen molar-refractivity contribution in [3.8, 4) is 5.75 Å². The van der Waals surface area contributed by atoms with Crippen molar-refractivity contribution in [2.45, 2.75) is 50.9 Å². The third kappa shape index (κ3) is 4.04. The van der Waals surface area contributed by atoms with E-state index in [-0.39, 0.29) is 17.4 Å². The monoisotopic (exact) mass is 370 g/mol. The Bertz CT molecular complexity index is 796. The van der Waals surface area contributed by atoms with Gasteiger partial charge in [0.15, 0.2) is 0 Å². The first-order chi connectivity index (χ1) is 13.0. The number of rotatable bonds is 7. The van der Waals surface area contributed by atoms with Crippen LogP contribution in [0.25, 0.3) is 0 Å². The van der Waals surface area contributed by atoms with Gasteiger partial charge in [-0.3, -0.25) is 4.79 Å². The molecule has 7 heteroatoms. The van der Waals surface area contributed by atoms with Gasteiger partial charge in [-0.15, -0.1) is 0 Å². The summed E-state index contributed by atoms with van der Waals surface area (Å²) in [5, 5.41) is 2.61. The van der Waals surface area contributed by atoms with Crippen LogP contribution in [0.15, 0.2) is 47.6 Å². The summed E-state index contributed by atoms with van der Waals surface area (Å²) < 4.78 is 11.7. The number of nitrogens with zero attached hydrogens (tertiary/aromatic N) is 1. The Labute approximate surface area is 159 Å². The van der Waals surface area contributed by atoms with Crippen molar-refractivity contribution in [3.05, 3.63) is 53.7 Å². The van der Waals surface area contributed by atoms with E-state index >= 15 is 0 Å². The first-order valence-electron chi connectivity index (χ1n) is 9.14. The van der Waals surface area contributed by atoms with Crippen LogP contribution in [0.1, 0.15) is 43.7 Å². The fraction of sp³-hybridized carbons (Fsp3) is 0.400. The minimum atomic E-state index is -0.597. The smallest absolute Gasteiger partial charge is 0.241 e. The fourth-order valence-electron chi connectivity index (χ4n) is 3.22. The highest BCUT2D eigenvalue weighted by Crippen LogP contribution is 2.51. The minimum Gasteiger partial charge on any atom is -0.440 e. The zero-order valence-corrected chi connectivity index (χ0v) is 15.5. The second-order valence-electron chi connectivity index (χ2n) is 6.84. The number of hydrogen-bond acceptors (Lipinski definition) is 6. The zero-order valence-electron chi connectivity index (χ0n) is 15.5. The summed E-state index contributed by atoms with van der Waals surface area (Å²) in [6.45, 7) is 6.27. The minimum absolute atomic E-state index is 0.128. The molecule has 0 unspecified atom stereocenters. The van der Waals surface area contributed by atoms with Crippen molar-refractivity contribution < 1.29 is 14.3 Å². The summed E-state index contributed by atoms with van der Waals surface area (Å²) in [6, 6.07) is 5.30. The summed E-state index contributed by atoms with van der Waals surface area (Å²) in [4.78, 5) is 15.9. The number of nitrogens with two attached hydrogens (primary N) is 2. The Morgan fingerprint density at radius 2 is 2.30 bits per heavy atom. The van der Waals surface area contributed by atoms with E-state index < -0.39 is 6.04 Å². The van der Waals surface area contributed by atoms with Crippen LogP contribution in [-0.2, 0) is 21.7 Å².